The monoisotopic (exact) mass is 588 g/mol. The number of hydrogen-bond acceptors (Lipinski definition) is 15. The highest BCUT2D eigenvalue weighted by molar-refractivity contribution is 5.73. The summed E-state index contributed by atoms with van der Waals surface area (Å²) >= 11 is 0. The van der Waals surface area contributed by atoms with E-state index >= 15 is 0 Å². The first-order chi connectivity index (χ1) is 18.8. The first kappa shape index (κ1) is 32.9. The third kappa shape index (κ3) is 7.21. The molecule has 3 aliphatic heterocycles. The van der Waals surface area contributed by atoms with Crippen molar-refractivity contribution in [3.05, 3.63) is 0 Å². The topological polar surface area (TPSA) is 266 Å². The van der Waals surface area contributed by atoms with Crippen LogP contribution in [-0.4, -0.2) is 165 Å². The summed E-state index contributed by atoms with van der Waals surface area (Å²) in [5, 5.41) is 85.8. The highest BCUT2D eigenvalue weighted by Crippen LogP contribution is 2.30. The third-order valence-corrected chi connectivity index (χ3v) is 6.83. The lowest BCUT2D eigenvalue weighted by Crippen LogP contribution is -2.68. The molecule has 3 saturated heterocycles. The van der Waals surface area contributed by atoms with Crippen LogP contribution in [-0.2, 0) is 33.3 Å². The second-order valence-electron chi connectivity index (χ2n) is 9.80. The van der Waals surface area contributed by atoms with Gasteiger partial charge in [0.15, 0.2) is 25.0 Å². The van der Waals surface area contributed by atoms with Crippen molar-refractivity contribution in [2.45, 2.75) is 106 Å². The summed E-state index contributed by atoms with van der Waals surface area (Å²) < 4.78 is 41.6. The molecule has 3 heterocycles. The Bertz CT molecular complexity index is 857. The van der Waals surface area contributed by atoms with E-state index in [1.165, 1.54) is 0 Å². The number of alkyl halides is 1. The number of rotatable bonds is 9. The Hall–Kier alpha value is -1.65. The summed E-state index contributed by atoms with van der Waals surface area (Å²) in [5.74, 6) is -1.30. The SMILES string of the molecule is CC(=O)N[C@@H]1[C@@H](O[C@@H]2O[C@H](CO)[C@H](O)[C@H](F)[C@H]2O)[C@@H](O)[C@@H](CO[C@@H]2O[C@H](CO)[C@@H](O)[C@H](O)[C@H]2NC(C)=O)O[C@@H]1O. The maximum absolute atomic E-state index is 14.4. The number of nitrogens with one attached hydrogen (secondary N) is 2. The summed E-state index contributed by atoms with van der Waals surface area (Å²) in [7, 11) is 0. The third-order valence-electron chi connectivity index (χ3n) is 6.83. The van der Waals surface area contributed by atoms with E-state index in [9.17, 15) is 54.8 Å². The second kappa shape index (κ2) is 14.0. The number of hydrogen-bond donors (Lipinski definition) is 10. The van der Waals surface area contributed by atoms with Crippen LogP contribution in [0.25, 0.3) is 0 Å². The van der Waals surface area contributed by atoms with Gasteiger partial charge in [-0.05, 0) is 0 Å². The fourth-order valence-corrected chi connectivity index (χ4v) is 4.73. The van der Waals surface area contributed by atoms with Crippen LogP contribution < -0.4 is 10.6 Å². The van der Waals surface area contributed by atoms with Crippen LogP contribution in [0.4, 0.5) is 4.39 Å². The predicted octanol–water partition coefficient (Wildman–Crippen LogP) is -6.31. The van der Waals surface area contributed by atoms with Crippen molar-refractivity contribution in [1.29, 1.82) is 0 Å². The van der Waals surface area contributed by atoms with E-state index in [0.717, 1.165) is 13.8 Å². The largest absolute Gasteiger partial charge is 0.394 e. The molecule has 0 spiro atoms. The lowest BCUT2D eigenvalue weighted by atomic mass is 9.95. The van der Waals surface area contributed by atoms with E-state index in [2.05, 4.69) is 10.6 Å². The van der Waals surface area contributed by atoms with Crippen LogP contribution in [0.3, 0.4) is 0 Å². The van der Waals surface area contributed by atoms with E-state index in [1.54, 1.807) is 0 Å². The Kier molecular flexibility index (Phi) is 11.5. The van der Waals surface area contributed by atoms with Crippen molar-refractivity contribution in [2.75, 3.05) is 19.8 Å². The molecule has 17 nitrogen and oxygen atoms in total. The van der Waals surface area contributed by atoms with Crippen LogP contribution in [0.2, 0.25) is 0 Å². The smallest absolute Gasteiger partial charge is 0.217 e. The zero-order valence-corrected chi connectivity index (χ0v) is 21.6. The van der Waals surface area contributed by atoms with Crippen LogP contribution >= 0.6 is 0 Å². The molecule has 0 aliphatic carbocycles. The van der Waals surface area contributed by atoms with Gasteiger partial charge in [-0.25, -0.2) is 4.39 Å². The van der Waals surface area contributed by atoms with Crippen LogP contribution in [0.5, 0.6) is 0 Å². The molecule has 232 valence electrons. The van der Waals surface area contributed by atoms with Crippen molar-refractivity contribution in [2.24, 2.45) is 0 Å². The molecule has 18 heteroatoms. The fourth-order valence-electron chi connectivity index (χ4n) is 4.73. The highest BCUT2D eigenvalue weighted by atomic mass is 19.1. The molecule has 3 fully saturated rings. The summed E-state index contributed by atoms with van der Waals surface area (Å²) in [6.07, 6.45) is -22.4. The van der Waals surface area contributed by atoms with E-state index < -0.39 is 124 Å². The maximum atomic E-state index is 14.4. The van der Waals surface area contributed by atoms with Gasteiger partial charge < -0.3 is 75.2 Å². The predicted molar refractivity (Wildman–Crippen MR) is 123 cm³/mol. The van der Waals surface area contributed by atoms with Gasteiger partial charge >= 0.3 is 0 Å². The first-order valence-corrected chi connectivity index (χ1v) is 12.5. The van der Waals surface area contributed by atoms with E-state index in [4.69, 9.17) is 23.7 Å². The minimum atomic E-state index is -2.31. The molecule has 0 aromatic carbocycles. The molecule has 0 unspecified atom stereocenters. The maximum Gasteiger partial charge on any atom is 0.217 e. The number of halogens is 1. The molecule has 0 bridgehead atoms. The van der Waals surface area contributed by atoms with E-state index in [1.807, 2.05) is 0 Å². The van der Waals surface area contributed by atoms with Crippen molar-refractivity contribution < 1.29 is 78.5 Å². The normalized spacial score (nSPS) is 46.0. The minimum Gasteiger partial charge on any atom is -0.394 e. The summed E-state index contributed by atoms with van der Waals surface area (Å²) in [6.45, 7) is 0.0401. The van der Waals surface area contributed by atoms with Crippen LogP contribution in [0, 0.1) is 0 Å². The number of amides is 2. The molecular formula is C22H37FN2O15. The number of carbonyl (C=O) groups excluding carboxylic acids is 2. The molecule has 3 aliphatic rings. The van der Waals surface area contributed by atoms with Gasteiger partial charge in [0.25, 0.3) is 0 Å². The van der Waals surface area contributed by atoms with Crippen LogP contribution in [0.15, 0.2) is 0 Å². The molecule has 40 heavy (non-hydrogen) atoms. The van der Waals surface area contributed by atoms with Gasteiger partial charge in [-0.3, -0.25) is 9.59 Å². The number of ether oxygens (including phenoxy) is 5. The number of aliphatic hydroxyl groups excluding tert-OH is 8. The Morgan fingerprint density at radius 3 is 1.85 bits per heavy atom. The number of carbonyl (C=O) groups is 2. The van der Waals surface area contributed by atoms with Gasteiger partial charge in [0, 0.05) is 13.8 Å². The van der Waals surface area contributed by atoms with Crippen molar-refractivity contribution in [3.8, 4) is 0 Å². The fraction of sp³-hybridized carbons (Fsp3) is 0.909. The molecule has 0 radical (unpaired) electrons. The summed E-state index contributed by atoms with van der Waals surface area (Å²) in [4.78, 5) is 23.4. The zero-order valence-electron chi connectivity index (χ0n) is 21.6. The Morgan fingerprint density at radius 2 is 1.27 bits per heavy atom. The average Bonchev–Trinajstić information content (AvgIpc) is 2.90. The number of aliphatic hydroxyl groups is 8. The summed E-state index contributed by atoms with van der Waals surface area (Å²) in [6, 6.07) is -2.81. The minimum absolute atomic E-state index is 0.615. The van der Waals surface area contributed by atoms with E-state index in [0.29, 0.717) is 0 Å². The molecule has 0 aromatic heterocycles. The standard InChI is InChI=1S/C22H37FN2O15/c1-6(28)24-12-18(34)15(31)9(4-27)38-21(12)36-5-10-16(32)19(13(20(35)37-10)25-7(2)29)40-22-17(33)11(23)14(30)8(3-26)39-22/h8-22,26-27,30-35H,3-5H2,1-2H3,(H,24,28)(H,25,29)/t8-,9-,10-,11+,12-,13-,14+,15-,16+,17-,18-,19-,20+,21-,22+/m1/s1. The second-order valence-corrected chi connectivity index (χ2v) is 9.80. The van der Waals surface area contributed by atoms with Crippen molar-refractivity contribution >= 4 is 11.8 Å². The Balaban J connectivity index is 1.78. The average molecular weight is 589 g/mol. The van der Waals surface area contributed by atoms with Crippen molar-refractivity contribution in [1.82, 2.24) is 10.6 Å². The summed E-state index contributed by atoms with van der Waals surface area (Å²) in [5.41, 5.74) is 0. The molecular weight excluding hydrogens is 551 g/mol. The van der Waals surface area contributed by atoms with Gasteiger partial charge in [0.05, 0.1) is 19.8 Å². The highest BCUT2D eigenvalue weighted by Gasteiger charge is 2.52. The molecule has 2 amide bonds. The van der Waals surface area contributed by atoms with Gasteiger partial charge in [-0.15, -0.1) is 0 Å². The molecule has 0 aromatic rings. The quantitative estimate of drug-likeness (QED) is 0.120. The zero-order chi connectivity index (χ0) is 29.9. The first-order valence-electron chi connectivity index (χ1n) is 12.5. The molecule has 15 atom stereocenters. The van der Waals surface area contributed by atoms with Crippen LogP contribution in [0.1, 0.15) is 13.8 Å². The Labute approximate surface area is 227 Å². The lowest BCUT2D eigenvalue weighted by molar-refractivity contribution is -0.341. The van der Waals surface area contributed by atoms with Gasteiger partial charge in [0.2, 0.25) is 11.8 Å². The molecule has 3 rings (SSSR count). The van der Waals surface area contributed by atoms with Crippen molar-refractivity contribution in [3.63, 3.8) is 0 Å². The molecule has 10 N–H and O–H groups in total. The Morgan fingerprint density at radius 1 is 0.725 bits per heavy atom. The van der Waals surface area contributed by atoms with Gasteiger partial charge in [0.1, 0.15) is 67.0 Å². The molecule has 0 saturated carbocycles. The van der Waals surface area contributed by atoms with E-state index in [-0.39, 0.29) is 0 Å². The lowest BCUT2D eigenvalue weighted by Gasteiger charge is -2.47. The van der Waals surface area contributed by atoms with Gasteiger partial charge in [-0.2, -0.15) is 0 Å². The van der Waals surface area contributed by atoms with Gasteiger partial charge in [-0.1, -0.05) is 0 Å².